The predicted octanol–water partition coefficient (Wildman–Crippen LogP) is 2.11. The molecule has 1 saturated carbocycles. The fourth-order valence-corrected chi connectivity index (χ4v) is 5.34. The van der Waals surface area contributed by atoms with Gasteiger partial charge in [0.2, 0.25) is 5.91 Å². The molecule has 6 rings (SSSR count). The van der Waals surface area contributed by atoms with Crippen LogP contribution in [0.2, 0.25) is 0 Å². The van der Waals surface area contributed by atoms with E-state index in [-0.39, 0.29) is 11.8 Å². The van der Waals surface area contributed by atoms with Crippen molar-refractivity contribution < 1.29 is 9.59 Å². The van der Waals surface area contributed by atoms with Gasteiger partial charge < -0.3 is 5.32 Å². The van der Waals surface area contributed by atoms with Crippen LogP contribution in [0.25, 0.3) is 22.0 Å². The Morgan fingerprint density at radius 1 is 1.20 bits per heavy atom. The minimum Gasteiger partial charge on any atom is -0.316 e. The van der Waals surface area contributed by atoms with Gasteiger partial charge in [-0.1, -0.05) is 12.1 Å². The molecule has 30 heavy (non-hydrogen) atoms. The summed E-state index contributed by atoms with van der Waals surface area (Å²) in [4.78, 5) is 23.9. The summed E-state index contributed by atoms with van der Waals surface area (Å²) in [6.45, 7) is 4.24. The third-order valence-electron chi connectivity index (χ3n) is 7.04. The summed E-state index contributed by atoms with van der Waals surface area (Å²) in [6.07, 6.45) is 7.27. The van der Waals surface area contributed by atoms with E-state index in [1.807, 2.05) is 25.3 Å². The SMILES string of the molecule is Cc1nn(C2CCC(=O)NC2=O)c2cccc(-c3cnn(C4CC5(CNC5)C4)c3)c12. The Hall–Kier alpha value is -3.00. The van der Waals surface area contributed by atoms with Gasteiger partial charge in [-0.05, 0) is 43.2 Å². The molecule has 2 amide bonds. The van der Waals surface area contributed by atoms with Gasteiger partial charge in [0.15, 0.2) is 0 Å². The number of aryl methyl sites for hydroxylation is 1. The molecular weight excluding hydrogens is 380 g/mol. The van der Waals surface area contributed by atoms with Crippen molar-refractivity contribution in [2.45, 2.75) is 44.7 Å². The number of nitrogens with one attached hydrogen (secondary N) is 2. The minimum absolute atomic E-state index is 0.215. The van der Waals surface area contributed by atoms with Crippen LogP contribution in [0.5, 0.6) is 0 Å². The minimum atomic E-state index is -0.459. The summed E-state index contributed by atoms with van der Waals surface area (Å²) < 4.78 is 3.89. The molecule has 8 nitrogen and oxygen atoms in total. The second-order valence-corrected chi connectivity index (χ2v) is 9.07. The Morgan fingerprint density at radius 2 is 2.03 bits per heavy atom. The largest absolute Gasteiger partial charge is 0.316 e. The van der Waals surface area contributed by atoms with Crippen LogP contribution in [0.3, 0.4) is 0 Å². The average molecular weight is 404 g/mol. The number of amides is 2. The van der Waals surface area contributed by atoms with E-state index < -0.39 is 6.04 Å². The zero-order valence-electron chi connectivity index (χ0n) is 16.9. The van der Waals surface area contributed by atoms with Gasteiger partial charge in [0.05, 0.1) is 23.4 Å². The number of aromatic nitrogens is 4. The number of nitrogens with zero attached hydrogens (tertiary/aromatic N) is 4. The van der Waals surface area contributed by atoms with E-state index in [0.717, 1.165) is 40.8 Å². The molecule has 2 saturated heterocycles. The zero-order valence-corrected chi connectivity index (χ0v) is 16.9. The van der Waals surface area contributed by atoms with Crippen LogP contribution >= 0.6 is 0 Å². The van der Waals surface area contributed by atoms with Gasteiger partial charge in [0, 0.05) is 36.7 Å². The Kier molecular flexibility index (Phi) is 3.71. The highest BCUT2D eigenvalue weighted by molar-refractivity contribution is 6.01. The first-order chi connectivity index (χ1) is 14.5. The summed E-state index contributed by atoms with van der Waals surface area (Å²) in [5, 5.41) is 16.2. The number of hydrogen-bond acceptors (Lipinski definition) is 5. The van der Waals surface area contributed by atoms with E-state index in [4.69, 9.17) is 5.10 Å². The Bertz CT molecular complexity index is 1180. The summed E-state index contributed by atoms with van der Waals surface area (Å²) in [5.74, 6) is -0.494. The summed E-state index contributed by atoms with van der Waals surface area (Å²) in [6, 6.07) is 6.10. The lowest BCUT2D eigenvalue weighted by Crippen LogP contribution is -2.60. The molecule has 1 aromatic carbocycles. The summed E-state index contributed by atoms with van der Waals surface area (Å²) in [5.41, 5.74) is 4.45. The van der Waals surface area contributed by atoms with Gasteiger partial charge in [-0.15, -0.1) is 0 Å². The van der Waals surface area contributed by atoms with Crippen LogP contribution in [0.1, 0.15) is 43.5 Å². The van der Waals surface area contributed by atoms with Crippen LogP contribution < -0.4 is 10.6 Å². The Balaban J connectivity index is 1.35. The molecule has 3 fully saturated rings. The molecule has 4 heterocycles. The molecule has 3 aliphatic rings. The molecule has 3 aromatic rings. The Labute approximate surface area is 173 Å². The number of benzene rings is 1. The molecule has 1 spiro atoms. The monoisotopic (exact) mass is 404 g/mol. The standard InChI is InChI=1S/C22H24N6O2/c1-13-20-16(14-9-24-27(10-14)15-7-22(8-15)11-23-12-22)3-2-4-17(20)28(26-13)18-5-6-19(29)25-21(18)30/h2-4,9-10,15,18,23H,5-8,11-12H2,1H3,(H,25,29,30). The molecule has 0 bridgehead atoms. The van der Waals surface area contributed by atoms with Crippen LogP contribution in [0.15, 0.2) is 30.6 Å². The number of rotatable bonds is 3. The van der Waals surface area contributed by atoms with Crippen molar-refractivity contribution in [1.82, 2.24) is 30.2 Å². The summed E-state index contributed by atoms with van der Waals surface area (Å²) in [7, 11) is 0. The number of carbonyl (C=O) groups is 2. The van der Waals surface area contributed by atoms with E-state index in [2.05, 4.69) is 32.7 Å². The van der Waals surface area contributed by atoms with Crippen molar-refractivity contribution in [3.8, 4) is 11.1 Å². The Morgan fingerprint density at radius 3 is 2.77 bits per heavy atom. The van der Waals surface area contributed by atoms with Gasteiger partial charge in [-0.3, -0.25) is 24.3 Å². The van der Waals surface area contributed by atoms with Crippen molar-refractivity contribution in [3.63, 3.8) is 0 Å². The van der Waals surface area contributed by atoms with Gasteiger partial charge in [0.1, 0.15) is 6.04 Å². The second-order valence-electron chi connectivity index (χ2n) is 9.07. The molecule has 2 N–H and O–H groups in total. The number of imide groups is 1. The first-order valence-corrected chi connectivity index (χ1v) is 10.6. The average Bonchev–Trinajstić information content (AvgIpc) is 3.25. The molecular formula is C22H24N6O2. The van der Waals surface area contributed by atoms with E-state index in [1.54, 1.807) is 4.68 Å². The van der Waals surface area contributed by atoms with Crippen molar-refractivity contribution in [2.24, 2.45) is 5.41 Å². The fraction of sp³-hybridized carbons (Fsp3) is 0.455. The van der Waals surface area contributed by atoms with Crippen LogP contribution in [0.4, 0.5) is 0 Å². The van der Waals surface area contributed by atoms with Crippen LogP contribution in [-0.4, -0.2) is 44.5 Å². The second kappa shape index (κ2) is 6.25. The van der Waals surface area contributed by atoms with Crippen molar-refractivity contribution in [3.05, 3.63) is 36.3 Å². The van der Waals surface area contributed by atoms with E-state index in [1.165, 1.54) is 12.8 Å². The van der Waals surface area contributed by atoms with E-state index in [9.17, 15) is 9.59 Å². The van der Waals surface area contributed by atoms with Gasteiger partial charge >= 0.3 is 0 Å². The van der Waals surface area contributed by atoms with Crippen LogP contribution in [-0.2, 0) is 9.59 Å². The molecule has 1 aliphatic carbocycles. The number of carbonyl (C=O) groups excluding carboxylic acids is 2. The summed E-state index contributed by atoms with van der Waals surface area (Å²) >= 11 is 0. The van der Waals surface area contributed by atoms with Crippen molar-refractivity contribution in [2.75, 3.05) is 13.1 Å². The quantitative estimate of drug-likeness (QED) is 0.652. The van der Waals surface area contributed by atoms with E-state index >= 15 is 0 Å². The topological polar surface area (TPSA) is 93.8 Å². The van der Waals surface area contributed by atoms with E-state index in [0.29, 0.717) is 24.3 Å². The fourth-order valence-electron chi connectivity index (χ4n) is 5.34. The molecule has 154 valence electrons. The molecule has 2 aliphatic heterocycles. The maximum Gasteiger partial charge on any atom is 0.251 e. The normalized spacial score (nSPS) is 23.4. The molecule has 8 heteroatoms. The third kappa shape index (κ3) is 2.56. The van der Waals surface area contributed by atoms with Crippen LogP contribution in [0, 0.1) is 12.3 Å². The van der Waals surface area contributed by atoms with Gasteiger partial charge in [-0.25, -0.2) is 0 Å². The highest BCUT2D eigenvalue weighted by atomic mass is 16.2. The smallest absolute Gasteiger partial charge is 0.251 e. The highest BCUT2D eigenvalue weighted by Crippen LogP contribution is 2.50. The lowest BCUT2D eigenvalue weighted by Gasteiger charge is -2.54. The highest BCUT2D eigenvalue weighted by Gasteiger charge is 2.49. The lowest BCUT2D eigenvalue weighted by molar-refractivity contribution is -0.135. The maximum atomic E-state index is 12.4. The molecule has 1 atom stereocenters. The van der Waals surface area contributed by atoms with Gasteiger partial charge in [-0.2, -0.15) is 10.2 Å². The first-order valence-electron chi connectivity index (χ1n) is 10.6. The lowest BCUT2D eigenvalue weighted by atomic mass is 9.62. The molecule has 1 unspecified atom stereocenters. The van der Waals surface area contributed by atoms with Crippen molar-refractivity contribution in [1.29, 1.82) is 0 Å². The van der Waals surface area contributed by atoms with Crippen molar-refractivity contribution >= 4 is 22.7 Å². The van der Waals surface area contributed by atoms with Gasteiger partial charge in [0.25, 0.3) is 5.91 Å². The molecule has 0 radical (unpaired) electrons. The first kappa shape index (κ1) is 17.8. The molecule has 2 aromatic heterocycles. The number of fused-ring (bicyclic) bond motifs is 1. The number of piperidine rings is 1. The number of hydrogen-bond donors (Lipinski definition) is 2. The maximum absolute atomic E-state index is 12.4. The predicted molar refractivity (Wildman–Crippen MR) is 111 cm³/mol. The third-order valence-corrected chi connectivity index (χ3v) is 7.04. The zero-order chi connectivity index (χ0) is 20.5.